The highest BCUT2D eigenvalue weighted by atomic mass is 32.2. The van der Waals surface area contributed by atoms with Gasteiger partial charge in [-0.1, -0.05) is 27.0 Å². The summed E-state index contributed by atoms with van der Waals surface area (Å²) in [5.74, 6) is -0.264. The molecular formula is C10H24O8S2. The summed E-state index contributed by atoms with van der Waals surface area (Å²) in [4.78, 5) is 0. The Morgan fingerprint density at radius 3 is 1.15 bits per heavy atom. The van der Waals surface area contributed by atoms with Gasteiger partial charge in [0.1, 0.15) is 0 Å². The maximum atomic E-state index is 9.79. The van der Waals surface area contributed by atoms with Gasteiger partial charge in [-0.2, -0.15) is 16.8 Å². The zero-order chi connectivity index (χ0) is 15.9. The van der Waals surface area contributed by atoms with Crippen LogP contribution in [0.5, 0.6) is 0 Å². The normalized spacial score (nSPS) is 9.60. The fourth-order valence-electron chi connectivity index (χ4n) is 0.584. The highest BCUT2D eigenvalue weighted by molar-refractivity contribution is 7.86. The van der Waals surface area contributed by atoms with Crippen LogP contribution in [0, 0.1) is 0 Å². The molecule has 0 aromatic rings. The van der Waals surface area contributed by atoms with E-state index >= 15 is 0 Å². The molecule has 0 aliphatic carbocycles. The third kappa shape index (κ3) is 53.6. The lowest BCUT2D eigenvalue weighted by molar-refractivity contribution is 0.406. The molecule has 0 saturated heterocycles. The van der Waals surface area contributed by atoms with E-state index in [1.54, 1.807) is 13.8 Å². The van der Waals surface area contributed by atoms with Crippen molar-refractivity contribution in [3.05, 3.63) is 25.7 Å². The molecule has 0 aromatic heterocycles. The molecular weight excluding hydrogens is 312 g/mol. The fraction of sp³-hybridized carbons (Fsp3) is 0.600. The van der Waals surface area contributed by atoms with Gasteiger partial charge in [0.05, 0.1) is 24.0 Å². The van der Waals surface area contributed by atoms with E-state index in [2.05, 4.69) is 17.9 Å². The molecule has 0 bridgehead atoms. The monoisotopic (exact) mass is 336 g/mol. The van der Waals surface area contributed by atoms with Crippen LogP contribution < -0.4 is 0 Å². The number of ether oxygens (including phenoxy) is 1. The highest BCUT2D eigenvalue weighted by Gasteiger charge is 1.98. The predicted molar refractivity (Wildman–Crippen MR) is 78.5 cm³/mol. The SMILES string of the molecule is C=COC=C.CCCS(=O)(=O)O.CCCS(=O)(=O)O.O. The quantitative estimate of drug-likeness (QED) is 0.543. The molecule has 4 N–H and O–H groups in total. The van der Waals surface area contributed by atoms with E-state index in [9.17, 15) is 16.8 Å². The molecule has 0 atom stereocenters. The first kappa shape index (κ1) is 27.4. The minimum absolute atomic E-state index is 0. The van der Waals surface area contributed by atoms with Gasteiger partial charge in [-0.3, -0.25) is 9.11 Å². The van der Waals surface area contributed by atoms with Crippen LogP contribution in [0.1, 0.15) is 26.7 Å². The molecule has 0 heterocycles. The Labute approximate surface area is 121 Å². The molecule has 0 fully saturated rings. The summed E-state index contributed by atoms with van der Waals surface area (Å²) < 4.78 is 59.5. The van der Waals surface area contributed by atoms with Gasteiger partial charge in [-0.25, -0.2) is 0 Å². The lowest BCUT2D eigenvalue weighted by atomic mass is 10.6. The number of hydrogen-bond donors (Lipinski definition) is 2. The summed E-state index contributed by atoms with van der Waals surface area (Å²) in [6.07, 6.45) is 3.57. The van der Waals surface area contributed by atoms with E-state index in [4.69, 9.17) is 9.11 Å². The Morgan fingerprint density at radius 2 is 1.15 bits per heavy atom. The van der Waals surface area contributed by atoms with Crippen molar-refractivity contribution in [3.63, 3.8) is 0 Å². The third-order valence-corrected chi connectivity index (χ3v) is 2.96. The highest BCUT2D eigenvalue weighted by Crippen LogP contribution is 1.84. The molecule has 0 unspecified atom stereocenters. The van der Waals surface area contributed by atoms with Crippen molar-refractivity contribution in [2.75, 3.05) is 11.5 Å². The topological polar surface area (TPSA) is 149 Å². The summed E-state index contributed by atoms with van der Waals surface area (Å²) in [6, 6.07) is 0. The largest absolute Gasteiger partial charge is 0.474 e. The average molecular weight is 336 g/mol. The summed E-state index contributed by atoms with van der Waals surface area (Å²) in [5.41, 5.74) is 0. The van der Waals surface area contributed by atoms with Gasteiger partial charge in [0, 0.05) is 0 Å². The molecule has 124 valence electrons. The van der Waals surface area contributed by atoms with Crippen molar-refractivity contribution in [3.8, 4) is 0 Å². The Kier molecular flexibility index (Phi) is 22.1. The molecule has 0 saturated carbocycles. The van der Waals surface area contributed by atoms with Crippen molar-refractivity contribution in [2.45, 2.75) is 26.7 Å². The minimum atomic E-state index is -3.67. The molecule has 0 amide bonds. The zero-order valence-corrected chi connectivity index (χ0v) is 13.3. The summed E-state index contributed by atoms with van der Waals surface area (Å²) in [5, 5.41) is 0. The van der Waals surface area contributed by atoms with Gasteiger partial charge >= 0.3 is 0 Å². The second-order valence-electron chi connectivity index (χ2n) is 3.04. The molecule has 0 spiro atoms. The van der Waals surface area contributed by atoms with Crippen LogP contribution >= 0.6 is 0 Å². The molecule has 0 rings (SSSR count). The fourth-order valence-corrected chi connectivity index (χ4v) is 1.62. The van der Waals surface area contributed by atoms with Gasteiger partial charge < -0.3 is 10.2 Å². The van der Waals surface area contributed by atoms with E-state index < -0.39 is 20.2 Å². The summed E-state index contributed by atoms with van der Waals surface area (Å²) >= 11 is 0. The molecule has 8 nitrogen and oxygen atoms in total. The smallest absolute Gasteiger partial charge is 0.264 e. The first-order valence-electron chi connectivity index (χ1n) is 5.31. The van der Waals surface area contributed by atoms with Gasteiger partial charge in [0.2, 0.25) is 0 Å². The Bertz CT molecular complexity index is 371. The second kappa shape index (κ2) is 16.1. The Morgan fingerprint density at radius 1 is 0.900 bits per heavy atom. The summed E-state index contributed by atoms with van der Waals surface area (Å²) in [6.45, 7) is 9.89. The Balaban J connectivity index is -0.0000000952. The van der Waals surface area contributed by atoms with Crippen LogP contribution in [0.25, 0.3) is 0 Å². The van der Waals surface area contributed by atoms with E-state index in [0.717, 1.165) is 0 Å². The van der Waals surface area contributed by atoms with Crippen molar-refractivity contribution in [1.29, 1.82) is 0 Å². The molecule has 0 aliphatic heterocycles. The molecule has 0 aromatic carbocycles. The van der Waals surface area contributed by atoms with E-state index in [-0.39, 0.29) is 17.0 Å². The van der Waals surface area contributed by atoms with Crippen LogP contribution in [-0.2, 0) is 25.0 Å². The lowest BCUT2D eigenvalue weighted by Gasteiger charge is -1.86. The van der Waals surface area contributed by atoms with Gasteiger partial charge in [-0.05, 0) is 12.8 Å². The first-order valence-corrected chi connectivity index (χ1v) is 8.53. The maximum absolute atomic E-state index is 9.79. The number of hydrogen-bond acceptors (Lipinski definition) is 5. The van der Waals surface area contributed by atoms with Crippen LogP contribution in [0.3, 0.4) is 0 Å². The van der Waals surface area contributed by atoms with Crippen molar-refractivity contribution in [1.82, 2.24) is 0 Å². The molecule has 0 radical (unpaired) electrons. The van der Waals surface area contributed by atoms with Gasteiger partial charge in [-0.15, -0.1) is 0 Å². The van der Waals surface area contributed by atoms with Crippen LogP contribution in [0.15, 0.2) is 25.7 Å². The predicted octanol–water partition coefficient (Wildman–Crippen LogP) is 1.03. The molecule has 10 heteroatoms. The Hall–Kier alpha value is -0.940. The van der Waals surface area contributed by atoms with Crippen molar-refractivity contribution in [2.24, 2.45) is 0 Å². The van der Waals surface area contributed by atoms with Crippen molar-refractivity contribution < 1.29 is 36.2 Å². The van der Waals surface area contributed by atoms with Crippen LogP contribution in [0.2, 0.25) is 0 Å². The van der Waals surface area contributed by atoms with Crippen molar-refractivity contribution >= 4 is 20.2 Å². The van der Waals surface area contributed by atoms with E-state index in [0.29, 0.717) is 12.8 Å². The van der Waals surface area contributed by atoms with Crippen LogP contribution in [-0.4, -0.2) is 42.9 Å². The molecule has 0 aliphatic rings. The van der Waals surface area contributed by atoms with E-state index in [1.807, 2.05) is 0 Å². The molecule has 20 heavy (non-hydrogen) atoms. The maximum Gasteiger partial charge on any atom is 0.264 e. The van der Waals surface area contributed by atoms with Crippen LogP contribution in [0.4, 0.5) is 0 Å². The standard InChI is InChI=1S/C4H6O.2C3H8O3S.H2O/c1-3-5-4-2;2*1-2-3-7(4,5)6;/h3-4H,1-2H2;2*2-3H2,1H3,(H,4,5,6);1H2. The summed E-state index contributed by atoms with van der Waals surface area (Å²) in [7, 11) is -7.35. The van der Waals surface area contributed by atoms with E-state index in [1.165, 1.54) is 12.5 Å². The number of rotatable bonds is 6. The lowest BCUT2D eigenvalue weighted by Crippen LogP contribution is -2.01. The second-order valence-corrected chi connectivity index (χ2v) is 6.19. The van der Waals surface area contributed by atoms with Gasteiger partial charge in [0.15, 0.2) is 0 Å². The third-order valence-electron chi connectivity index (χ3n) is 1.12. The first-order chi connectivity index (χ1) is 8.54. The van der Waals surface area contributed by atoms with Gasteiger partial charge in [0.25, 0.3) is 20.2 Å². The zero-order valence-electron chi connectivity index (χ0n) is 11.6. The average Bonchev–Trinajstić information content (AvgIpc) is 2.16. The minimum Gasteiger partial charge on any atom is -0.474 e.